The lowest BCUT2D eigenvalue weighted by Crippen LogP contribution is -2.03. The molecule has 82 valence electrons. The highest BCUT2D eigenvalue weighted by Crippen LogP contribution is 2.24. The van der Waals surface area contributed by atoms with Gasteiger partial charge in [0, 0.05) is 0 Å². The Morgan fingerprint density at radius 3 is 2.73 bits per heavy atom. The Morgan fingerprint density at radius 1 is 1.53 bits per heavy atom. The van der Waals surface area contributed by atoms with Crippen LogP contribution in [-0.4, -0.2) is 19.6 Å². The third-order valence-electron chi connectivity index (χ3n) is 1.73. The molecule has 0 bridgehead atoms. The molecule has 0 fully saturated rings. The van der Waals surface area contributed by atoms with Crippen molar-refractivity contribution in [2.75, 3.05) is 6.61 Å². The minimum Gasteiger partial charge on any atom is -0.488 e. The summed E-state index contributed by atoms with van der Waals surface area (Å²) in [5.74, 6) is 0.136. The van der Waals surface area contributed by atoms with Gasteiger partial charge in [-0.2, -0.15) is 8.42 Å². The van der Waals surface area contributed by atoms with Crippen molar-refractivity contribution in [3.05, 3.63) is 36.4 Å². The second-order valence-corrected chi connectivity index (χ2v) is 4.41. The zero-order chi connectivity index (χ0) is 11.5. The molecular formula is C10H12O4S. The number of hydrogen-bond donors (Lipinski definition) is 1. The molecule has 15 heavy (non-hydrogen) atoms. The lowest BCUT2D eigenvalue weighted by Gasteiger charge is -2.08. The first-order chi connectivity index (χ1) is 6.95. The minimum atomic E-state index is -4.24. The third-order valence-corrected chi connectivity index (χ3v) is 2.63. The van der Waals surface area contributed by atoms with E-state index in [-0.39, 0.29) is 17.3 Å². The summed E-state index contributed by atoms with van der Waals surface area (Å²) in [5.41, 5.74) is 0.849. The van der Waals surface area contributed by atoms with E-state index in [0.29, 0.717) is 0 Å². The van der Waals surface area contributed by atoms with Crippen molar-refractivity contribution in [1.82, 2.24) is 0 Å². The fourth-order valence-electron chi connectivity index (χ4n) is 1.09. The SMILES string of the molecule is C=CCOc1cc(C)ccc1S(=O)(=O)O. The monoisotopic (exact) mass is 228 g/mol. The highest BCUT2D eigenvalue weighted by molar-refractivity contribution is 7.86. The van der Waals surface area contributed by atoms with Crippen LogP contribution in [0.5, 0.6) is 5.75 Å². The molecule has 1 aromatic carbocycles. The summed E-state index contributed by atoms with van der Waals surface area (Å²) in [5, 5.41) is 0. The van der Waals surface area contributed by atoms with Crippen LogP contribution in [0.1, 0.15) is 5.56 Å². The van der Waals surface area contributed by atoms with Gasteiger partial charge < -0.3 is 4.74 Å². The van der Waals surface area contributed by atoms with Crippen LogP contribution in [-0.2, 0) is 10.1 Å². The van der Waals surface area contributed by atoms with Gasteiger partial charge in [0.25, 0.3) is 10.1 Å². The average Bonchev–Trinajstić information content (AvgIpc) is 2.12. The van der Waals surface area contributed by atoms with Crippen molar-refractivity contribution < 1.29 is 17.7 Å². The smallest absolute Gasteiger partial charge is 0.298 e. The molecule has 0 aliphatic rings. The van der Waals surface area contributed by atoms with E-state index in [1.165, 1.54) is 12.1 Å². The number of ether oxygens (including phenoxy) is 1. The first kappa shape index (κ1) is 11.7. The summed E-state index contributed by atoms with van der Waals surface area (Å²) in [6, 6.07) is 4.44. The molecule has 5 heteroatoms. The Hall–Kier alpha value is -1.33. The normalized spacial score (nSPS) is 11.1. The van der Waals surface area contributed by atoms with E-state index in [4.69, 9.17) is 9.29 Å². The molecule has 0 amide bonds. The molecule has 1 N–H and O–H groups in total. The van der Waals surface area contributed by atoms with Gasteiger partial charge in [0.05, 0.1) is 0 Å². The van der Waals surface area contributed by atoms with E-state index in [1.54, 1.807) is 19.1 Å². The summed E-state index contributed by atoms with van der Waals surface area (Å²) in [7, 11) is -4.24. The summed E-state index contributed by atoms with van der Waals surface area (Å²) in [6.45, 7) is 5.44. The van der Waals surface area contributed by atoms with E-state index < -0.39 is 10.1 Å². The Morgan fingerprint density at radius 2 is 2.20 bits per heavy atom. The van der Waals surface area contributed by atoms with E-state index >= 15 is 0 Å². The summed E-state index contributed by atoms with van der Waals surface area (Å²) < 4.78 is 36.0. The van der Waals surface area contributed by atoms with Crippen LogP contribution in [0.4, 0.5) is 0 Å². The van der Waals surface area contributed by atoms with Gasteiger partial charge in [0.1, 0.15) is 17.3 Å². The van der Waals surface area contributed by atoms with Crippen molar-refractivity contribution in [2.24, 2.45) is 0 Å². The van der Waals surface area contributed by atoms with Crippen LogP contribution in [0.2, 0.25) is 0 Å². The van der Waals surface area contributed by atoms with E-state index in [2.05, 4.69) is 6.58 Å². The van der Waals surface area contributed by atoms with Crippen LogP contribution < -0.4 is 4.74 Å². The average molecular weight is 228 g/mol. The van der Waals surface area contributed by atoms with Gasteiger partial charge in [-0.1, -0.05) is 18.7 Å². The van der Waals surface area contributed by atoms with Crippen molar-refractivity contribution in [1.29, 1.82) is 0 Å². The molecule has 0 unspecified atom stereocenters. The van der Waals surface area contributed by atoms with E-state index in [9.17, 15) is 8.42 Å². The molecular weight excluding hydrogens is 216 g/mol. The fourth-order valence-corrected chi connectivity index (χ4v) is 1.70. The Bertz CT molecular complexity index is 462. The molecule has 0 saturated carbocycles. The number of benzene rings is 1. The van der Waals surface area contributed by atoms with Gasteiger partial charge >= 0.3 is 0 Å². The van der Waals surface area contributed by atoms with Crippen molar-refractivity contribution in [3.63, 3.8) is 0 Å². The molecule has 0 aliphatic heterocycles. The summed E-state index contributed by atoms with van der Waals surface area (Å²) in [4.78, 5) is -0.227. The maximum absolute atomic E-state index is 11.0. The predicted octanol–water partition coefficient (Wildman–Crippen LogP) is 1.81. The molecule has 0 radical (unpaired) electrons. The molecule has 0 aliphatic carbocycles. The largest absolute Gasteiger partial charge is 0.488 e. The quantitative estimate of drug-likeness (QED) is 0.630. The second-order valence-electron chi connectivity index (χ2n) is 3.02. The standard InChI is InChI=1S/C10H12O4S/c1-3-6-14-9-7-8(2)4-5-10(9)15(11,12)13/h3-5,7H,1,6H2,2H3,(H,11,12,13). The zero-order valence-electron chi connectivity index (χ0n) is 8.30. The Kier molecular flexibility index (Phi) is 3.49. The molecule has 1 aromatic rings. The first-order valence-corrected chi connectivity index (χ1v) is 5.71. The second kappa shape index (κ2) is 4.46. The third kappa shape index (κ3) is 3.07. The maximum Gasteiger partial charge on any atom is 0.298 e. The van der Waals surface area contributed by atoms with Crippen LogP contribution in [0.3, 0.4) is 0 Å². The molecule has 4 nitrogen and oxygen atoms in total. The van der Waals surface area contributed by atoms with Crippen LogP contribution in [0.25, 0.3) is 0 Å². The minimum absolute atomic E-state index is 0.136. The Balaban J connectivity index is 3.20. The maximum atomic E-state index is 11.0. The van der Waals surface area contributed by atoms with Gasteiger partial charge in [0.2, 0.25) is 0 Å². The van der Waals surface area contributed by atoms with Crippen molar-refractivity contribution in [3.8, 4) is 5.75 Å². The fraction of sp³-hybridized carbons (Fsp3) is 0.200. The van der Waals surface area contributed by atoms with Crippen LogP contribution in [0, 0.1) is 6.92 Å². The van der Waals surface area contributed by atoms with Gasteiger partial charge in [-0.05, 0) is 24.6 Å². The number of aryl methyl sites for hydroxylation is 1. The lowest BCUT2D eigenvalue weighted by atomic mass is 10.2. The van der Waals surface area contributed by atoms with Gasteiger partial charge in [-0.3, -0.25) is 4.55 Å². The van der Waals surface area contributed by atoms with Crippen LogP contribution in [0.15, 0.2) is 35.7 Å². The van der Waals surface area contributed by atoms with Gasteiger partial charge in [0.15, 0.2) is 0 Å². The molecule has 0 spiro atoms. The van der Waals surface area contributed by atoms with Gasteiger partial charge in [-0.15, -0.1) is 0 Å². The van der Waals surface area contributed by atoms with Gasteiger partial charge in [-0.25, -0.2) is 0 Å². The number of hydrogen-bond acceptors (Lipinski definition) is 3. The highest BCUT2D eigenvalue weighted by atomic mass is 32.2. The molecule has 0 atom stereocenters. The van der Waals surface area contributed by atoms with E-state index in [0.717, 1.165) is 5.56 Å². The summed E-state index contributed by atoms with van der Waals surface area (Å²) in [6.07, 6.45) is 1.50. The zero-order valence-corrected chi connectivity index (χ0v) is 9.12. The first-order valence-electron chi connectivity index (χ1n) is 4.27. The van der Waals surface area contributed by atoms with Crippen molar-refractivity contribution >= 4 is 10.1 Å². The molecule has 0 saturated heterocycles. The molecule has 0 aromatic heterocycles. The molecule has 1 rings (SSSR count). The van der Waals surface area contributed by atoms with Crippen molar-refractivity contribution in [2.45, 2.75) is 11.8 Å². The Labute approximate surface area is 88.9 Å². The lowest BCUT2D eigenvalue weighted by molar-refractivity contribution is 0.350. The summed E-state index contributed by atoms with van der Waals surface area (Å²) >= 11 is 0. The number of rotatable bonds is 4. The highest BCUT2D eigenvalue weighted by Gasteiger charge is 2.16. The van der Waals surface area contributed by atoms with Crippen LogP contribution >= 0.6 is 0 Å². The predicted molar refractivity (Wildman–Crippen MR) is 56.7 cm³/mol. The van der Waals surface area contributed by atoms with E-state index in [1.807, 2.05) is 0 Å². The molecule has 0 heterocycles. The topological polar surface area (TPSA) is 63.6 Å².